The lowest BCUT2D eigenvalue weighted by Crippen LogP contribution is -2.16. The molecule has 0 atom stereocenters. The molecule has 0 saturated heterocycles. The van der Waals surface area contributed by atoms with Gasteiger partial charge in [0.15, 0.2) is 23.0 Å². The van der Waals surface area contributed by atoms with E-state index in [0.717, 1.165) is 78.9 Å². The number of pyridine rings is 2. The van der Waals surface area contributed by atoms with Crippen molar-refractivity contribution in [1.29, 1.82) is 0 Å². The van der Waals surface area contributed by atoms with E-state index in [1.165, 1.54) is 0 Å². The average molecular weight is 532 g/mol. The molecule has 9 rings (SSSR count). The van der Waals surface area contributed by atoms with Crippen LogP contribution in [0.1, 0.15) is 0 Å². The lowest BCUT2D eigenvalue weighted by Gasteiger charge is -2.33. The van der Waals surface area contributed by atoms with Crippen molar-refractivity contribution in [2.45, 2.75) is 0 Å². The third-order valence-corrected chi connectivity index (χ3v) is 7.74. The molecule has 0 spiro atoms. The highest BCUT2D eigenvalue weighted by Gasteiger charge is 2.30. The SMILES string of the molecule is c1ccc2c(c1)Oc1ccccc1N2c1cncc2c1[nH]c1c(N3c4ccccc4Oc4ccccc43)cncc12. The van der Waals surface area contributed by atoms with Gasteiger partial charge in [-0.2, -0.15) is 0 Å². The van der Waals surface area contributed by atoms with Crippen LogP contribution in [0.5, 0.6) is 23.0 Å². The highest BCUT2D eigenvalue weighted by molar-refractivity contribution is 6.16. The molecule has 0 radical (unpaired) electrons. The van der Waals surface area contributed by atoms with Crippen molar-refractivity contribution in [3.8, 4) is 23.0 Å². The van der Waals surface area contributed by atoms with Crippen LogP contribution in [-0.4, -0.2) is 15.0 Å². The zero-order valence-corrected chi connectivity index (χ0v) is 21.7. The smallest absolute Gasteiger partial charge is 0.151 e. The third kappa shape index (κ3) is 3.14. The van der Waals surface area contributed by atoms with Crippen LogP contribution >= 0.6 is 0 Å². The van der Waals surface area contributed by atoms with E-state index in [1.54, 1.807) is 0 Å². The van der Waals surface area contributed by atoms with Crippen molar-refractivity contribution < 1.29 is 9.47 Å². The molecular formula is C34H21N5O2. The molecule has 7 nitrogen and oxygen atoms in total. The lowest BCUT2D eigenvalue weighted by molar-refractivity contribution is 0.477. The lowest BCUT2D eigenvalue weighted by atomic mass is 10.1. The van der Waals surface area contributed by atoms with E-state index < -0.39 is 0 Å². The van der Waals surface area contributed by atoms with E-state index in [9.17, 15) is 0 Å². The van der Waals surface area contributed by atoms with Crippen LogP contribution in [0.3, 0.4) is 0 Å². The standard InChI is InChI=1S/C34H21N5O2/c1-5-13-29-23(9-1)38(24-10-2-6-14-30(24)40-29)27-19-35-17-21-22-18-36-20-28(34(22)37-33(21)27)39-25-11-3-7-15-31(25)41-32-16-8-4-12-26(32)39/h1-20,37H. The van der Waals surface area contributed by atoms with E-state index >= 15 is 0 Å². The number of anilines is 6. The number of aromatic nitrogens is 3. The fourth-order valence-corrected chi connectivity index (χ4v) is 5.96. The second kappa shape index (κ2) is 8.34. The minimum atomic E-state index is 0.795. The summed E-state index contributed by atoms with van der Waals surface area (Å²) in [4.78, 5) is 17.6. The largest absolute Gasteiger partial charge is 0.453 e. The van der Waals surface area contributed by atoms with Gasteiger partial charge in [-0.15, -0.1) is 0 Å². The number of fused-ring (bicyclic) bond motifs is 7. The zero-order chi connectivity index (χ0) is 26.9. The van der Waals surface area contributed by atoms with E-state index in [1.807, 2.05) is 97.6 Å². The Morgan fingerprint density at radius 3 is 1.12 bits per heavy atom. The highest BCUT2D eigenvalue weighted by Crippen LogP contribution is 2.54. The maximum absolute atomic E-state index is 6.26. The van der Waals surface area contributed by atoms with Crippen molar-refractivity contribution in [2.24, 2.45) is 0 Å². The second-order valence-electron chi connectivity index (χ2n) is 10.0. The van der Waals surface area contributed by atoms with Gasteiger partial charge in [0.2, 0.25) is 0 Å². The first kappa shape index (κ1) is 22.0. The van der Waals surface area contributed by atoms with Gasteiger partial charge in [0.25, 0.3) is 0 Å². The quantitative estimate of drug-likeness (QED) is 0.240. The highest BCUT2D eigenvalue weighted by atomic mass is 16.5. The van der Waals surface area contributed by atoms with Crippen molar-refractivity contribution in [3.63, 3.8) is 0 Å². The number of hydrogen-bond acceptors (Lipinski definition) is 6. The molecule has 194 valence electrons. The molecule has 5 heterocycles. The molecule has 2 aliphatic heterocycles. The predicted molar refractivity (Wildman–Crippen MR) is 161 cm³/mol. The van der Waals surface area contributed by atoms with Crippen LogP contribution in [0.4, 0.5) is 34.1 Å². The molecule has 1 N–H and O–H groups in total. The van der Waals surface area contributed by atoms with Crippen molar-refractivity contribution in [1.82, 2.24) is 15.0 Å². The molecule has 7 aromatic rings. The monoisotopic (exact) mass is 531 g/mol. The summed E-state index contributed by atoms with van der Waals surface area (Å²) >= 11 is 0. The maximum atomic E-state index is 6.26. The van der Waals surface area contributed by atoms with E-state index in [0.29, 0.717) is 0 Å². The molecule has 4 aromatic carbocycles. The number of ether oxygens (including phenoxy) is 2. The average Bonchev–Trinajstić information content (AvgIpc) is 3.42. The topological polar surface area (TPSA) is 66.5 Å². The first-order chi connectivity index (χ1) is 20.3. The fourth-order valence-electron chi connectivity index (χ4n) is 5.96. The van der Waals surface area contributed by atoms with Crippen molar-refractivity contribution in [3.05, 3.63) is 122 Å². The Bertz CT molecular complexity index is 1910. The summed E-state index contributed by atoms with van der Waals surface area (Å²) < 4.78 is 12.5. The molecule has 0 amide bonds. The van der Waals surface area contributed by atoms with E-state index in [4.69, 9.17) is 19.4 Å². The van der Waals surface area contributed by atoms with E-state index in [-0.39, 0.29) is 0 Å². The number of rotatable bonds is 2. The van der Waals surface area contributed by atoms with Gasteiger partial charge in [-0.25, -0.2) is 0 Å². The Morgan fingerprint density at radius 1 is 0.415 bits per heavy atom. The van der Waals surface area contributed by atoms with Crippen LogP contribution in [0.15, 0.2) is 122 Å². The number of aromatic amines is 1. The van der Waals surface area contributed by atoms with Gasteiger partial charge in [0.05, 0.1) is 57.6 Å². The van der Waals surface area contributed by atoms with Gasteiger partial charge in [0, 0.05) is 23.2 Å². The van der Waals surface area contributed by atoms with Gasteiger partial charge in [-0.05, 0) is 48.5 Å². The first-order valence-electron chi connectivity index (χ1n) is 13.4. The van der Waals surface area contributed by atoms with E-state index in [2.05, 4.69) is 39.0 Å². The molecule has 0 fully saturated rings. The third-order valence-electron chi connectivity index (χ3n) is 7.74. The molecular weight excluding hydrogens is 510 g/mol. The van der Waals surface area contributed by atoms with Crippen LogP contribution in [-0.2, 0) is 0 Å². The molecule has 2 aliphatic rings. The summed E-state index contributed by atoms with van der Waals surface area (Å²) in [5, 5.41) is 1.98. The summed E-state index contributed by atoms with van der Waals surface area (Å²) in [5.41, 5.74) is 7.59. The Hall–Kier alpha value is -5.82. The minimum Gasteiger partial charge on any atom is -0.453 e. The van der Waals surface area contributed by atoms with Crippen LogP contribution in [0.2, 0.25) is 0 Å². The van der Waals surface area contributed by atoms with Gasteiger partial charge >= 0.3 is 0 Å². The van der Waals surface area contributed by atoms with Gasteiger partial charge in [0.1, 0.15) is 0 Å². The Balaban J connectivity index is 1.31. The van der Waals surface area contributed by atoms with Gasteiger partial charge in [-0.1, -0.05) is 48.5 Å². The molecule has 0 saturated carbocycles. The maximum Gasteiger partial charge on any atom is 0.151 e. The normalized spacial score (nSPS) is 13.2. The van der Waals surface area contributed by atoms with Crippen molar-refractivity contribution >= 4 is 55.9 Å². The number of nitrogens with zero attached hydrogens (tertiary/aromatic N) is 4. The van der Waals surface area contributed by atoms with Gasteiger partial charge in [-0.3, -0.25) is 19.8 Å². The minimum absolute atomic E-state index is 0.795. The second-order valence-corrected chi connectivity index (χ2v) is 10.0. The number of para-hydroxylation sites is 8. The summed E-state index contributed by atoms with van der Waals surface area (Å²) in [5.74, 6) is 3.18. The predicted octanol–water partition coefficient (Wildman–Crippen LogP) is 9.26. The zero-order valence-electron chi connectivity index (χ0n) is 21.7. The summed E-state index contributed by atoms with van der Waals surface area (Å²) in [7, 11) is 0. The summed E-state index contributed by atoms with van der Waals surface area (Å²) in [6.45, 7) is 0. The molecule has 0 aliphatic carbocycles. The van der Waals surface area contributed by atoms with Crippen LogP contribution < -0.4 is 19.3 Å². The Morgan fingerprint density at radius 2 is 0.756 bits per heavy atom. The number of hydrogen-bond donors (Lipinski definition) is 1. The first-order valence-corrected chi connectivity index (χ1v) is 13.4. The van der Waals surface area contributed by atoms with Crippen molar-refractivity contribution in [2.75, 3.05) is 9.80 Å². The summed E-state index contributed by atoms with van der Waals surface area (Å²) in [6, 6.07) is 32.3. The molecule has 0 bridgehead atoms. The summed E-state index contributed by atoms with van der Waals surface area (Å²) in [6.07, 6.45) is 7.62. The number of H-pyrrole nitrogens is 1. The Kier molecular flexibility index (Phi) is 4.48. The molecule has 3 aromatic heterocycles. The Labute approximate surface area is 234 Å². The van der Waals surface area contributed by atoms with Crippen LogP contribution in [0.25, 0.3) is 21.8 Å². The number of nitrogens with one attached hydrogen (secondary N) is 1. The number of benzene rings is 4. The molecule has 41 heavy (non-hydrogen) atoms. The molecule has 7 heteroatoms. The fraction of sp³-hybridized carbons (Fsp3) is 0. The van der Waals surface area contributed by atoms with Crippen LogP contribution in [0, 0.1) is 0 Å². The molecule has 0 unspecified atom stereocenters. The van der Waals surface area contributed by atoms with Gasteiger partial charge < -0.3 is 14.5 Å².